The van der Waals surface area contributed by atoms with Crippen molar-refractivity contribution in [3.8, 4) is 5.69 Å². The van der Waals surface area contributed by atoms with Gasteiger partial charge < -0.3 is 4.57 Å². The summed E-state index contributed by atoms with van der Waals surface area (Å²) in [5.74, 6) is -0.807. The number of carbonyl (C=O) groups excluding carboxylic acids is 1. The first-order valence-corrected chi connectivity index (χ1v) is 10.9. The van der Waals surface area contributed by atoms with Gasteiger partial charge in [-0.05, 0) is 90.9 Å². The molecule has 1 amide bonds. The lowest BCUT2D eigenvalue weighted by Crippen LogP contribution is -2.25. The molecule has 0 aliphatic carbocycles. The van der Waals surface area contributed by atoms with Gasteiger partial charge in [0, 0.05) is 20.6 Å². The Bertz CT molecular complexity index is 1270. The average Bonchev–Trinajstić information content (AvgIpc) is 3.21. The van der Waals surface area contributed by atoms with E-state index in [-0.39, 0.29) is 5.69 Å². The molecule has 1 aliphatic rings. The van der Waals surface area contributed by atoms with Crippen molar-refractivity contribution in [2.45, 2.75) is 26.9 Å². The highest BCUT2D eigenvalue weighted by atomic mass is 127. The SMILES string of the molecule is Cc1ccc(-n2c(C)cc(/C=C3\C(=O)N(c4ccccc4)N=C3C(F)(F)F)c2C)cc1I. The molecule has 164 valence electrons. The van der Waals surface area contributed by atoms with Gasteiger partial charge in [-0.3, -0.25) is 4.79 Å². The second kappa shape index (κ2) is 8.23. The molecule has 2 aromatic carbocycles. The van der Waals surface area contributed by atoms with Gasteiger partial charge in [-0.1, -0.05) is 24.3 Å². The fraction of sp³-hybridized carbons (Fsp3) is 0.167. The van der Waals surface area contributed by atoms with E-state index < -0.39 is 23.4 Å². The predicted octanol–water partition coefficient (Wildman–Crippen LogP) is 6.36. The van der Waals surface area contributed by atoms with Gasteiger partial charge in [-0.15, -0.1) is 0 Å². The maximum Gasteiger partial charge on any atom is 0.435 e. The molecule has 2 heterocycles. The molecule has 0 N–H and O–H groups in total. The Hall–Kier alpha value is -2.88. The Morgan fingerprint density at radius 3 is 2.28 bits per heavy atom. The molecule has 1 aromatic heterocycles. The zero-order valence-electron chi connectivity index (χ0n) is 17.5. The van der Waals surface area contributed by atoms with Crippen LogP contribution in [-0.2, 0) is 4.79 Å². The quantitative estimate of drug-likeness (QED) is 0.277. The fourth-order valence-electron chi connectivity index (χ4n) is 3.71. The third-order valence-electron chi connectivity index (χ3n) is 5.33. The van der Waals surface area contributed by atoms with Crippen LogP contribution in [0.25, 0.3) is 11.8 Å². The van der Waals surface area contributed by atoms with Gasteiger partial charge in [0.1, 0.15) is 0 Å². The molecule has 0 bridgehead atoms. The fourth-order valence-corrected chi connectivity index (χ4v) is 4.20. The summed E-state index contributed by atoms with van der Waals surface area (Å²) in [5.41, 5.74) is 2.79. The van der Waals surface area contributed by atoms with Crippen LogP contribution in [0, 0.1) is 24.3 Å². The molecule has 0 fully saturated rings. The van der Waals surface area contributed by atoms with Gasteiger partial charge in [-0.2, -0.15) is 23.3 Å². The van der Waals surface area contributed by atoms with Gasteiger partial charge >= 0.3 is 6.18 Å². The van der Waals surface area contributed by atoms with Crippen molar-refractivity contribution in [2.75, 3.05) is 5.01 Å². The van der Waals surface area contributed by atoms with E-state index in [1.165, 1.54) is 6.08 Å². The van der Waals surface area contributed by atoms with Crippen molar-refractivity contribution in [3.63, 3.8) is 0 Å². The molecule has 0 spiro atoms. The Balaban J connectivity index is 1.81. The van der Waals surface area contributed by atoms with Crippen molar-refractivity contribution in [1.82, 2.24) is 4.57 Å². The summed E-state index contributed by atoms with van der Waals surface area (Å²) >= 11 is 2.25. The smallest absolute Gasteiger partial charge is 0.318 e. The van der Waals surface area contributed by atoms with E-state index in [0.717, 1.165) is 31.2 Å². The van der Waals surface area contributed by atoms with Crippen LogP contribution in [0.4, 0.5) is 18.9 Å². The molecule has 8 heteroatoms. The van der Waals surface area contributed by atoms with Gasteiger partial charge in [0.25, 0.3) is 5.91 Å². The van der Waals surface area contributed by atoms with E-state index in [1.54, 1.807) is 36.4 Å². The minimum atomic E-state index is -4.76. The van der Waals surface area contributed by atoms with Crippen LogP contribution in [0.15, 0.2) is 65.3 Å². The van der Waals surface area contributed by atoms with Crippen molar-refractivity contribution < 1.29 is 18.0 Å². The molecule has 0 atom stereocenters. The number of hydrogen-bond donors (Lipinski definition) is 0. The molecule has 0 saturated heterocycles. The van der Waals surface area contributed by atoms with Crippen LogP contribution < -0.4 is 5.01 Å². The van der Waals surface area contributed by atoms with Crippen LogP contribution in [0.3, 0.4) is 0 Å². The second-order valence-electron chi connectivity index (χ2n) is 7.55. The summed E-state index contributed by atoms with van der Waals surface area (Å²) in [4.78, 5) is 13.0. The number of alkyl halides is 3. The maximum absolute atomic E-state index is 13.8. The summed E-state index contributed by atoms with van der Waals surface area (Å²) in [6, 6.07) is 15.9. The predicted molar refractivity (Wildman–Crippen MR) is 128 cm³/mol. The van der Waals surface area contributed by atoms with Crippen molar-refractivity contribution in [1.29, 1.82) is 0 Å². The lowest BCUT2D eigenvalue weighted by molar-refractivity contribution is -0.114. The molecule has 1 aliphatic heterocycles. The third kappa shape index (κ3) is 3.99. The zero-order chi connectivity index (χ0) is 23.2. The molecule has 32 heavy (non-hydrogen) atoms. The minimum absolute atomic E-state index is 0.280. The molecule has 0 saturated carbocycles. The number of halogens is 4. The monoisotopic (exact) mass is 549 g/mol. The Labute approximate surface area is 197 Å². The Kier molecular flexibility index (Phi) is 5.74. The molecule has 0 radical (unpaired) electrons. The Morgan fingerprint density at radius 1 is 0.969 bits per heavy atom. The van der Waals surface area contributed by atoms with Crippen LogP contribution in [0.2, 0.25) is 0 Å². The molecular formula is C24H19F3IN3O. The van der Waals surface area contributed by atoms with Crippen LogP contribution in [0.1, 0.15) is 22.5 Å². The summed E-state index contributed by atoms with van der Waals surface area (Å²) in [5, 5.41) is 4.43. The van der Waals surface area contributed by atoms with Crippen molar-refractivity contribution in [3.05, 3.63) is 86.3 Å². The summed E-state index contributed by atoms with van der Waals surface area (Å²) in [6.07, 6.45) is -3.47. The summed E-state index contributed by atoms with van der Waals surface area (Å²) in [6.45, 7) is 5.72. The first kappa shape index (κ1) is 22.3. The van der Waals surface area contributed by atoms with Gasteiger partial charge in [0.05, 0.1) is 11.3 Å². The number of nitrogens with zero attached hydrogens (tertiary/aromatic N) is 3. The normalized spacial score (nSPS) is 15.6. The number of para-hydroxylation sites is 1. The highest BCUT2D eigenvalue weighted by Crippen LogP contribution is 2.33. The number of anilines is 1. The van der Waals surface area contributed by atoms with Crippen LogP contribution >= 0.6 is 22.6 Å². The standard InChI is InChI=1S/C24H19F3IN3O/c1-14-9-10-19(13-21(14)28)30-15(2)11-17(16(30)3)12-20-22(24(25,26)27)29-31(23(20)32)18-7-5-4-6-8-18/h4-13H,1-3H3/b20-12-. The van der Waals surface area contributed by atoms with E-state index in [1.807, 2.05) is 43.5 Å². The Morgan fingerprint density at radius 2 is 1.66 bits per heavy atom. The van der Waals surface area contributed by atoms with Crippen LogP contribution in [0.5, 0.6) is 0 Å². The number of aromatic nitrogens is 1. The lowest BCUT2D eigenvalue weighted by Gasteiger charge is -2.12. The zero-order valence-corrected chi connectivity index (χ0v) is 19.7. The highest BCUT2D eigenvalue weighted by Gasteiger charge is 2.46. The van der Waals surface area contributed by atoms with E-state index in [4.69, 9.17) is 0 Å². The third-order valence-corrected chi connectivity index (χ3v) is 6.49. The summed E-state index contributed by atoms with van der Waals surface area (Å²) < 4.78 is 44.3. The van der Waals surface area contributed by atoms with Crippen LogP contribution in [-0.4, -0.2) is 22.4 Å². The number of hydrazone groups is 1. The topological polar surface area (TPSA) is 37.6 Å². The first-order chi connectivity index (χ1) is 15.1. The van der Waals surface area contributed by atoms with Gasteiger partial charge in [0.2, 0.25) is 0 Å². The molecule has 3 aromatic rings. The molecular weight excluding hydrogens is 530 g/mol. The molecule has 4 nitrogen and oxygen atoms in total. The molecule has 4 rings (SSSR count). The van der Waals surface area contributed by atoms with E-state index in [2.05, 4.69) is 27.7 Å². The van der Waals surface area contributed by atoms with Crippen molar-refractivity contribution >= 4 is 46.0 Å². The van der Waals surface area contributed by atoms with E-state index in [9.17, 15) is 18.0 Å². The number of carbonyl (C=O) groups is 1. The number of aryl methyl sites for hydroxylation is 2. The lowest BCUT2D eigenvalue weighted by atomic mass is 10.1. The summed E-state index contributed by atoms with van der Waals surface area (Å²) in [7, 11) is 0. The van der Waals surface area contributed by atoms with Gasteiger partial charge in [-0.25, -0.2) is 0 Å². The van der Waals surface area contributed by atoms with E-state index in [0.29, 0.717) is 5.56 Å². The first-order valence-electron chi connectivity index (χ1n) is 9.81. The minimum Gasteiger partial charge on any atom is -0.318 e. The molecule has 0 unspecified atom stereocenters. The maximum atomic E-state index is 13.8. The van der Waals surface area contributed by atoms with Gasteiger partial charge in [0.15, 0.2) is 5.71 Å². The largest absolute Gasteiger partial charge is 0.435 e. The average molecular weight is 549 g/mol. The number of benzene rings is 2. The van der Waals surface area contributed by atoms with E-state index >= 15 is 0 Å². The number of amides is 1. The second-order valence-corrected chi connectivity index (χ2v) is 8.71. The highest BCUT2D eigenvalue weighted by molar-refractivity contribution is 14.1. The number of rotatable bonds is 3. The van der Waals surface area contributed by atoms with Crippen molar-refractivity contribution in [2.24, 2.45) is 5.10 Å². The number of hydrogen-bond acceptors (Lipinski definition) is 2.